The van der Waals surface area contributed by atoms with Crippen LogP contribution in [0.3, 0.4) is 0 Å². The molecule has 2 fully saturated rings. The quantitative estimate of drug-likeness (QED) is 0.378. The van der Waals surface area contributed by atoms with Crippen LogP contribution in [0.2, 0.25) is 0 Å². The van der Waals surface area contributed by atoms with E-state index in [4.69, 9.17) is 4.74 Å². The Morgan fingerprint density at radius 2 is 2.05 bits per heavy atom. The third kappa shape index (κ3) is 6.21. The van der Waals surface area contributed by atoms with Crippen molar-refractivity contribution in [3.8, 4) is 0 Å². The maximum Gasteiger partial charge on any atom is 0.416 e. The molecule has 3 unspecified atom stereocenters. The normalized spacial score (nSPS) is 25.3. The van der Waals surface area contributed by atoms with E-state index in [0.29, 0.717) is 28.8 Å². The number of aromatic nitrogens is 3. The highest BCUT2D eigenvalue weighted by Gasteiger charge is 2.39. The second kappa shape index (κ2) is 11.6. The first-order valence-corrected chi connectivity index (χ1v) is 14.6. The predicted octanol–water partition coefficient (Wildman–Crippen LogP) is 4.80. The summed E-state index contributed by atoms with van der Waals surface area (Å²) in [4.78, 5) is 20.3. The number of anilines is 1. The van der Waals surface area contributed by atoms with Crippen LogP contribution in [0.5, 0.6) is 0 Å². The molecule has 41 heavy (non-hydrogen) atoms. The fraction of sp³-hybridized carbons (Fsp3) is 0.567. The molecule has 2 aromatic heterocycles. The highest BCUT2D eigenvalue weighted by molar-refractivity contribution is 5.92. The zero-order valence-electron chi connectivity index (χ0n) is 23.3. The summed E-state index contributed by atoms with van der Waals surface area (Å²) in [7, 11) is 0. The van der Waals surface area contributed by atoms with Gasteiger partial charge in [0.15, 0.2) is 5.82 Å². The van der Waals surface area contributed by atoms with Gasteiger partial charge in [0, 0.05) is 55.7 Å². The molecular weight excluding hydrogens is 533 g/mol. The first kappa shape index (κ1) is 28.0. The monoisotopic (exact) mass is 570 g/mol. The molecule has 2 saturated heterocycles. The van der Waals surface area contributed by atoms with Crippen molar-refractivity contribution in [1.82, 2.24) is 25.4 Å². The summed E-state index contributed by atoms with van der Waals surface area (Å²) in [6.07, 6.45) is 3.86. The van der Waals surface area contributed by atoms with E-state index in [2.05, 4.69) is 36.8 Å². The number of carbonyl (C=O) groups excluding carboxylic acids is 1. The molecule has 1 amide bonds. The molecule has 6 rings (SSSR count). The van der Waals surface area contributed by atoms with Gasteiger partial charge in [-0.15, -0.1) is 0 Å². The van der Waals surface area contributed by atoms with Crippen molar-refractivity contribution in [2.45, 2.75) is 69.6 Å². The van der Waals surface area contributed by atoms with Gasteiger partial charge in [-0.05, 0) is 92.7 Å². The van der Waals surface area contributed by atoms with Crippen molar-refractivity contribution in [3.63, 3.8) is 0 Å². The van der Waals surface area contributed by atoms with Crippen LogP contribution in [0, 0.1) is 12.8 Å². The summed E-state index contributed by atoms with van der Waals surface area (Å²) in [6.45, 7) is 5.23. The van der Waals surface area contributed by atoms with E-state index in [1.807, 2.05) is 13.1 Å². The van der Waals surface area contributed by atoms with Crippen LogP contribution in [-0.4, -0.2) is 70.9 Å². The van der Waals surface area contributed by atoms with Gasteiger partial charge < -0.3 is 15.4 Å². The number of aryl methyl sites for hydroxylation is 2. The number of likely N-dealkylation sites (tertiary alicyclic amines) is 1. The lowest BCUT2D eigenvalue weighted by Crippen LogP contribution is -2.44. The minimum Gasteiger partial charge on any atom is -0.381 e. The topological polar surface area (TPSA) is 95.2 Å². The summed E-state index contributed by atoms with van der Waals surface area (Å²) < 4.78 is 45.4. The lowest BCUT2D eigenvalue weighted by Gasteiger charge is -2.26. The highest BCUT2D eigenvalue weighted by atomic mass is 19.4. The van der Waals surface area contributed by atoms with Gasteiger partial charge in [0.1, 0.15) is 0 Å². The number of nitrogens with one attached hydrogen (secondary N) is 3. The van der Waals surface area contributed by atoms with E-state index >= 15 is 0 Å². The Bertz CT molecular complexity index is 1380. The van der Waals surface area contributed by atoms with E-state index < -0.39 is 11.7 Å². The molecule has 0 radical (unpaired) electrons. The van der Waals surface area contributed by atoms with Crippen molar-refractivity contribution in [2.24, 2.45) is 5.92 Å². The summed E-state index contributed by atoms with van der Waals surface area (Å²) in [5.41, 5.74) is 3.50. The van der Waals surface area contributed by atoms with E-state index in [9.17, 15) is 18.0 Å². The third-order valence-electron chi connectivity index (χ3n) is 9.01. The smallest absolute Gasteiger partial charge is 0.381 e. The Kier molecular flexibility index (Phi) is 7.91. The first-order valence-electron chi connectivity index (χ1n) is 14.6. The Labute approximate surface area is 237 Å². The minimum atomic E-state index is -4.46. The number of pyridine rings is 1. The number of ether oxygens (including phenoxy) is 1. The fourth-order valence-corrected chi connectivity index (χ4v) is 6.91. The SMILES string of the molecule is Cc1cc2c(cn1)C(C[C@H]1CN(C3CCCOCC3)CC1NC(=O)CNc1n[nH]c3ccc(C(F)(F)F)cc13)CC2. The van der Waals surface area contributed by atoms with E-state index in [0.717, 1.165) is 82.7 Å². The fourth-order valence-electron chi connectivity index (χ4n) is 6.91. The van der Waals surface area contributed by atoms with Crippen molar-refractivity contribution in [2.75, 3.05) is 38.2 Å². The van der Waals surface area contributed by atoms with E-state index in [1.54, 1.807) is 0 Å². The molecule has 4 atom stereocenters. The van der Waals surface area contributed by atoms with Gasteiger partial charge in [0.05, 0.1) is 17.6 Å². The third-order valence-corrected chi connectivity index (χ3v) is 9.01. The number of rotatable bonds is 7. The number of fused-ring (bicyclic) bond motifs is 2. The number of hydrogen-bond acceptors (Lipinski definition) is 6. The Morgan fingerprint density at radius 1 is 1.17 bits per heavy atom. The number of carbonyl (C=O) groups is 1. The summed E-state index contributed by atoms with van der Waals surface area (Å²) in [6, 6.07) is 6.05. The average Bonchev–Trinajstić information content (AvgIpc) is 3.57. The average molecular weight is 571 g/mol. The lowest BCUT2D eigenvalue weighted by atomic mass is 9.88. The molecule has 8 nitrogen and oxygen atoms in total. The number of nitrogens with zero attached hydrogens (tertiary/aromatic N) is 3. The number of halogens is 3. The molecule has 11 heteroatoms. The van der Waals surface area contributed by atoms with Gasteiger partial charge >= 0.3 is 6.18 Å². The molecule has 3 aromatic rings. The van der Waals surface area contributed by atoms with Crippen molar-refractivity contribution >= 4 is 22.6 Å². The van der Waals surface area contributed by atoms with Gasteiger partial charge in [0.25, 0.3) is 0 Å². The Morgan fingerprint density at radius 3 is 2.90 bits per heavy atom. The molecule has 4 heterocycles. The van der Waals surface area contributed by atoms with E-state index in [-0.39, 0.29) is 24.3 Å². The minimum absolute atomic E-state index is 0.0105. The van der Waals surface area contributed by atoms with Gasteiger partial charge in [0.2, 0.25) is 5.91 Å². The number of H-pyrrole nitrogens is 1. The molecule has 1 aliphatic carbocycles. The maximum atomic E-state index is 13.2. The molecule has 3 aliphatic rings. The van der Waals surface area contributed by atoms with Gasteiger partial charge in [-0.1, -0.05) is 0 Å². The van der Waals surface area contributed by atoms with Crippen molar-refractivity contribution in [1.29, 1.82) is 0 Å². The van der Waals surface area contributed by atoms with Crippen LogP contribution in [0.25, 0.3) is 10.9 Å². The van der Waals surface area contributed by atoms with Crippen LogP contribution in [0.4, 0.5) is 19.0 Å². The van der Waals surface area contributed by atoms with Crippen molar-refractivity contribution in [3.05, 3.63) is 52.8 Å². The van der Waals surface area contributed by atoms with Gasteiger partial charge in [-0.25, -0.2) is 0 Å². The Balaban J connectivity index is 1.14. The largest absolute Gasteiger partial charge is 0.416 e. The van der Waals surface area contributed by atoms with Crippen LogP contribution >= 0.6 is 0 Å². The lowest BCUT2D eigenvalue weighted by molar-refractivity contribution is -0.137. The maximum absolute atomic E-state index is 13.2. The van der Waals surface area contributed by atoms with Gasteiger partial charge in [-0.2, -0.15) is 18.3 Å². The second-order valence-electron chi connectivity index (χ2n) is 11.8. The predicted molar refractivity (Wildman–Crippen MR) is 150 cm³/mol. The number of aromatic amines is 1. The molecule has 0 spiro atoms. The summed E-state index contributed by atoms with van der Waals surface area (Å²) in [5, 5.41) is 13.4. The molecule has 1 aromatic carbocycles. The van der Waals surface area contributed by atoms with Crippen LogP contribution in [0.15, 0.2) is 30.5 Å². The standard InChI is InChI=1S/C30H37F3N6O2/c1-18-11-19-4-5-20(25(19)14-34-18)12-21-16-39(23-3-2-9-41-10-8-23)17-27(21)36-28(40)15-35-29-24-13-22(30(31,32)33)6-7-26(24)37-38-29/h6-7,11,13-14,20-21,23,27H,2-5,8-10,12,15-17H2,1H3,(H,36,40)(H2,35,37,38)/t20?,21-,23?,27?/m0/s1. The summed E-state index contributed by atoms with van der Waals surface area (Å²) >= 11 is 0. The summed E-state index contributed by atoms with van der Waals surface area (Å²) in [5.74, 6) is 0.755. The molecule has 2 aliphatic heterocycles. The van der Waals surface area contributed by atoms with Crippen LogP contribution in [-0.2, 0) is 22.1 Å². The zero-order chi connectivity index (χ0) is 28.6. The zero-order valence-corrected chi connectivity index (χ0v) is 23.3. The number of hydrogen-bond donors (Lipinski definition) is 3. The number of benzene rings is 1. The molecule has 0 bridgehead atoms. The second-order valence-corrected chi connectivity index (χ2v) is 11.8. The molecule has 220 valence electrons. The van der Waals surface area contributed by atoms with Crippen molar-refractivity contribution < 1.29 is 22.7 Å². The molecule has 0 saturated carbocycles. The van der Waals surface area contributed by atoms with E-state index in [1.165, 1.54) is 17.2 Å². The molecular formula is C30H37F3N6O2. The van der Waals surface area contributed by atoms with Crippen LogP contribution < -0.4 is 10.6 Å². The number of alkyl halides is 3. The number of amides is 1. The highest BCUT2D eigenvalue weighted by Crippen LogP contribution is 2.40. The van der Waals surface area contributed by atoms with Gasteiger partial charge in [-0.3, -0.25) is 19.8 Å². The molecule has 3 N–H and O–H groups in total. The first-order chi connectivity index (χ1) is 19.7. The van der Waals surface area contributed by atoms with Crippen LogP contribution in [0.1, 0.15) is 60.4 Å². The Hall–Kier alpha value is -3.18.